The fraction of sp³-hybridized carbons (Fsp3) is 0.560. The van der Waals surface area contributed by atoms with Crippen molar-refractivity contribution < 1.29 is 9.59 Å². The van der Waals surface area contributed by atoms with Crippen molar-refractivity contribution in [3.05, 3.63) is 41.7 Å². The number of nitrogens with one attached hydrogen (secondary N) is 2. The number of benzene rings is 1. The van der Waals surface area contributed by atoms with Gasteiger partial charge in [-0.1, -0.05) is 18.2 Å². The van der Waals surface area contributed by atoms with Gasteiger partial charge in [0.2, 0.25) is 11.8 Å². The van der Waals surface area contributed by atoms with E-state index in [2.05, 4.69) is 15.7 Å². The van der Waals surface area contributed by atoms with Crippen LogP contribution in [0.5, 0.6) is 0 Å². The lowest BCUT2D eigenvalue weighted by Crippen LogP contribution is -2.53. The lowest BCUT2D eigenvalue weighted by Gasteiger charge is -2.55. The summed E-state index contributed by atoms with van der Waals surface area (Å²) in [6.45, 7) is 4.24. The second-order valence-electron chi connectivity index (χ2n) is 10.0. The van der Waals surface area contributed by atoms with E-state index in [-0.39, 0.29) is 23.7 Å². The van der Waals surface area contributed by atoms with Crippen molar-refractivity contribution in [2.45, 2.75) is 58.8 Å². The fourth-order valence-electron chi connectivity index (χ4n) is 6.71. The molecule has 164 valence electrons. The molecule has 2 N–H and O–H groups in total. The van der Waals surface area contributed by atoms with Gasteiger partial charge in [-0.15, -0.1) is 0 Å². The first-order valence-electron chi connectivity index (χ1n) is 11.6. The third kappa shape index (κ3) is 3.77. The Balaban J connectivity index is 1.17. The minimum Gasteiger partial charge on any atom is -0.355 e. The molecule has 0 aliphatic heterocycles. The third-order valence-corrected chi connectivity index (χ3v) is 7.71. The highest BCUT2D eigenvalue weighted by molar-refractivity contribution is 5.92. The summed E-state index contributed by atoms with van der Waals surface area (Å²) in [6, 6.07) is 9.89. The van der Waals surface area contributed by atoms with Crippen LogP contribution in [0.2, 0.25) is 0 Å². The van der Waals surface area contributed by atoms with Crippen LogP contribution in [0, 0.1) is 37.0 Å². The SMILES string of the molecule is Cc1nn(-c2ccccc2)c(C)c1NC(=O)CCNC(=O)C12CC3CC(CC(C3)C1)C2. The summed E-state index contributed by atoms with van der Waals surface area (Å²) in [5, 5.41) is 10.7. The normalized spacial score (nSPS) is 28.5. The molecular weight excluding hydrogens is 388 g/mol. The Morgan fingerprint density at radius 1 is 1.03 bits per heavy atom. The zero-order chi connectivity index (χ0) is 21.6. The zero-order valence-electron chi connectivity index (χ0n) is 18.5. The number of anilines is 1. The molecule has 0 unspecified atom stereocenters. The summed E-state index contributed by atoms with van der Waals surface area (Å²) in [5.74, 6) is 2.32. The summed E-state index contributed by atoms with van der Waals surface area (Å²) in [7, 11) is 0. The maximum absolute atomic E-state index is 13.0. The topological polar surface area (TPSA) is 76.0 Å². The van der Waals surface area contributed by atoms with Crippen LogP contribution in [-0.4, -0.2) is 28.1 Å². The molecule has 4 bridgehead atoms. The molecule has 0 atom stereocenters. The van der Waals surface area contributed by atoms with Crippen LogP contribution in [0.25, 0.3) is 5.69 Å². The number of hydrogen-bond donors (Lipinski definition) is 2. The van der Waals surface area contributed by atoms with Crippen LogP contribution in [0.4, 0.5) is 5.69 Å². The fourth-order valence-corrected chi connectivity index (χ4v) is 6.71. The molecule has 4 aliphatic carbocycles. The van der Waals surface area contributed by atoms with Gasteiger partial charge < -0.3 is 10.6 Å². The van der Waals surface area contributed by atoms with Gasteiger partial charge in [-0.25, -0.2) is 4.68 Å². The number of amides is 2. The number of rotatable bonds is 6. The van der Waals surface area contributed by atoms with Crippen molar-refractivity contribution in [1.82, 2.24) is 15.1 Å². The van der Waals surface area contributed by atoms with E-state index in [1.807, 2.05) is 48.9 Å². The molecule has 1 heterocycles. The molecule has 2 aromatic rings. The first kappa shape index (κ1) is 20.3. The van der Waals surface area contributed by atoms with Crippen molar-refractivity contribution >= 4 is 17.5 Å². The number of hydrogen-bond acceptors (Lipinski definition) is 3. The molecule has 2 amide bonds. The minimum absolute atomic E-state index is 0.0929. The molecule has 6 heteroatoms. The highest BCUT2D eigenvalue weighted by Crippen LogP contribution is 2.60. The second kappa shape index (κ2) is 7.81. The summed E-state index contributed by atoms with van der Waals surface area (Å²) < 4.78 is 1.85. The molecule has 4 aliphatic rings. The van der Waals surface area contributed by atoms with Gasteiger partial charge in [0, 0.05) is 18.4 Å². The van der Waals surface area contributed by atoms with E-state index in [1.165, 1.54) is 19.3 Å². The van der Waals surface area contributed by atoms with E-state index in [1.54, 1.807) is 0 Å². The van der Waals surface area contributed by atoms with E-state index in [0.717, 1.165) is 59.8 Å². The Bertz CT molecular complexity index is 959. The number of aryl methyl sites for hydroxylation is 1. The molecule has 0 saturated heterocycles. The molecular formula is C25H32N4O2. The largest absolute Gasteiger partial charge is 0.355 e. The van der Waals surface area contributed by atoms with Crippen LogP contribution in [0.1, 0.15) is 56.3 Å². The molecule has 4 saturated carbocycles. The van der Waals surface area contributed by atoms with Gasteiger partial charge in [0.1, 0.15) is 0 Å². The maximum Gasteiger partial charge on any atom is 0.226 e. The van der Waals surface area contributed by atoms with Crippen LogP contribution in [0.15, 0.2) is 30.3 Å². The van der Waals surface area contributed by atoms with Crippen molar-refractivity contribution in [3.8, 4) is 5.69 Å². The minimum atomic E-state index is -0.158. The molecule has 4 fully saturated rings. The molecule has 6 rings (SSSR count). The van der Waals surface area contributed by atoms with Gasteiger partial charge in [-0.3, -0.25) is 9.59 Å². The number of nitrogens with zero attached hydrogens (tertiary/aromatic N) is 2. The van der Waals surface area contributed by atoms with Crippen LogP contribution < -0.4 is 10.6 Å². The third-order valence-electron chi connectivity index (χ3n) is 7.71. The van der Waals surface area contributed by atoms with Gasteiger partial charge in [-0.2, -0.15) is 5.10 Å². The molecule has 0 radical (unpaired) electrons. The van der Waals surface area contributed by atoms with Gasteiger partial charge in [0.25, 0.3) is 0 Å². The average Bonchev–Trinajstić information content (AvgIpc) is 3.01. The first-order valence-corrected chi connectivity index (χ1v) is 11.6. The summed E-state index contributed by atoms with van der Waals surface area (Å²) in [6.07, 6.45) is 7.39. The molecule has 0 spiro atoms. The quantitative estimate of drug-likeness (QED) is 0.737. The number of para-hydroxylation sites is 1. The Hall–Kier alpha value is -2.63. The molecule has 6 nitrogen and oxygen atoms in total. The zero-order valence-corrected chi connectivity index (χ0v) is 18.5. The lowest BCUT2D eigenvalue weighted by atomic mass is 9.49. The predicted octanol–water partition coefficient (Wildman–Crippen LogP) is 4.15. The summed E-state index contributed by atoms with van der Waals surface area (Å²) >= 11 is 0. The molecule has 31 heavy (non-hydrogen) atoms. The van der Waals surface area contributed by atoms with Crippen LogP contribution >= 0.6 is 0 Å². The Labute approximate surface area is 183 Å². The van der Waals surface area contributed by atoms with Gasteiger partial charge in [-0.05, 0) is 82.3 Å². The van der Waals surface area contributed by atoms with Crippen molar-refractivity contribution in [2.75, 3.05) is 11.9 Å². The Morgan fingerprint density at radius 2 is 1.65 bits per heavy atom. The number of carbonyl (C=O) groups excluding carboxylic acids is 2. The standard InChI is InChI=1S/C25H32N4O2/c1-16-23(17(2)29(28-16)21-6-4-3-5-7-21)27-22(30)8-9-26-24(31)25-13-18-10-19(14-25)12-20(11-18)15-25/h3-7,18-20H,8-15H2,1-2H3,(H,26,31)(H,27,30). The molecule has 1 aromatic heterocycles. The summed E-state index contributed by atoms with van der Waals surface area (Å²) in [5.41, 5.74) is 3.24. The van der Waals surface area contributed by atoms with E-state index in [9.17, 15) is 9.59 Å². The van der Waals surface area contributed by atoms with E-state index in [4.69, 9.17) is 0 Å². The Morgan fingerprint density at radius 3 is 2.26 bits per heavy atom. The van der Waals surface area contributed by atoms with Crippen molar-refractivity contribution in [3.63, 3.8) is 0 Å². The van der Waals surface area contributed by atoms with Gasteiger partial charge in [0.15, 0.2) is 0 Å². The lowest BCUT2D eigenvalue weighted by molar-refractivity contribution is -0.146. The van der Waals surface area contributed by atoms with E-state index in [0.29, 0.717) is 6.54 Å². The predicted molar refractivity (Wildman–Crippen MR) is 120 cm³/mol. The van der Waals surface area contributed by atoms with Crippen LogP contribution in [0.3, 0.4) is 0 Å². The number of carbonyl (C=O) groups is 2. The van der Waals surface area contributed by atoms with E-state index < -0.39 is 0 Å². The van der Waals surface area contributed by atoms with Gasteiger partial charge in [0.05, 0.1) is 22.8 Å². The van der Waals surface area contributed by atoms with Crippen LogP contribution in [-0.2, 0) is 9.59 Å². The average molecular weight is 421 g/mol. The number of aromatic nitrogens is 2. The summed E-state index contributed by atoms with van der Waals surface area (Å²) in [4.78, 5) is 25.6. The maximum atomic E-state index is 13.0. The second-order valence-corrected chi connectivity index (χ2v) is 10.0. The van der Waals surface area contributed by atoms with E-state index >= 15 is 0 Å². The smallest absolute Gasteiger partial charge is 0.226 e. The van der Waals surface area contributed by atoms with Crippen molar-refractivity contribution in [2.24, 2.45) is 23.2 Å². The monoisotopic (exact) mass is 420 g/mol. The highest BCUT2D eigenvalue weighted by Gasteiger charge is 2.54. The van der Waals surface area contributed by atoms with Gasteiger partial charge >= 0.3 is 0 Å². The Kier molecular flexibility index (Phi) is 5.11. The first-order chi connectivity index (χ1) is 14.9. The van der Waals surface area contributed by atoms with Crippen molar-refractivity contribution in [1.29, 1.82) is 0 Å². The highest BCUT2D eigenvalue weighted by atomic mass is 16.2. The molecule has 1 aromatic carbocycles.